The van der Waals surface area contributed by atoms with Crippen LogP contribution in [0.4, 0.5) is 0 Å². The average molecular weight is 499 g/mol. The SMILES string of the molecule is CCN1CCCCCN(C(=O)CCc2ccc(Cl)cc2)[C@@H](CC(C)C)COc2ccccc2C1=O. The monoisotopic (exact) mass is 498 g/mol. The van der Waals surface area contributed by atoms with Crippen LogP contribution in [-0.2, 0) is 11.2 Å². The van der Waals surface area contributed by atoms with Crippen molar-refractivity contribution in [3.05, 3.63) is 64.7 Å². The third-order valence-electron chi connectivity index (χ3n) is 6.59. The van der Waals surface area contributed by atoms with Crippen LogP contribution in [0.2, 0.25) is 5.02 Å². The van der Waals surface area contributed by atoms with Crippen LogP contribution in [0.15, 0.2) is 48.5 Å². The molecule has 0 aliphatic carbocycles. The number of aryl methyl sites for hydroxylation is 1. The highest BCUT2D eigenvalue weighted by Gasteiger charge is 2.26. The molecule has 190 valence electrons. The van der Waals surface area contributed by atoms with E-state index in [1.54, 1.807) is 0 Å². The molecule has 0 aromatic heterocycles. The summed E-state index contributed by atoms with van der Waals surface area (Å²) >= 11 is 6.01. The summed E-state index contributed by atoms with van der Waals surface area (Å²) in [5, 5.41) is 0.702. The number of benzene rings is 2. The number of carbonyl (C=O) groups excluding carboxylic acids is 2. The largest absolute Gasteiger partial charge is 0.491 e. The van der Waals surface area contributed by atoms with Crippen molar-refractivity contribution in [3.63, 3.8) is 0 Å². The van der Waals surface area contributed by atoms with Crippen LogP contribution >= 0.6 is 11.6 Å². The first-order valence-electron chi connectivity index (χ1n) is 12.9. The van der Waals surface area contributed by atoms with Gasteiger partial charge in [0.2, 0.25) is 5.91 Å². The molecule has 0 bridgehead atoms. The van der Waals surface area contributed by atoms with Gasteiger partial charge in [0.05, 0.1) is 11.6 Å². The second kappa shape index (κ2) is 13.5. The van der Waals surface area contributed by atoms with E-state index in [0.29, 0.717) is 61.3 Å². The van der Waals surface area contributed by atoms with E-state index in [4.69, 9.17) is 16.3 Å². The van der Waals surface area contributed by atoms with Crippen molar-refractivity contribution >= 4 is 23.4 Å². The molecule has 2 amide bonds. The van der Waals surface area contributed by atoms with E-state index in [9.17, 15) is 9.59 Å². The molecule has 0 unspecified atom stereocenters. The van der Waals surface area contributed by atoms with E-state index in [2.05, 4.69) is 13.8 Å². The summed E-state index contributed by atoms with van der Waals surface area (Å²) in [5.74, 6) is 1.18. The number of rotatable bonds is 6. The van der Waals surface area contributed by atoms with Crippen molar-refractivity contribution in [1.82, 2.24) is 9.80 Å². The number of carbonyl (C=O) groups is 2. The molecular formula is C29H39ClN2O3. The van der Waals surface area contributed by atoms with E-state index in [1.807, 2.05) is 65.3 Å². The van der Waals surface area contributed by atoms with E-state index in [0.717, 1.165) is 31.2 Å². The Morgan fingerprint density at radius 1 is 1.06 bits per heavy atom. The standard InChI is InChI=1S/C29H39ClN2O3/c1-4-31-18-8-5-9-19-32(28(33)17-14-23-12-15-24(30)16-13-23)25(20-22(2)3)21-35-27-11-7-6-10-26(27)29(31)34/h6-7,10-13,15-16,22,25H,4-5,8-9,14,17-21H2,1-3H3/t25-/m0/s1. The molecule has 0 saturated heterocycles. The van der Waals surface area contributed by atoms with Gasteiger partial charge >= 0.3 is 0 Å². The Labute approximate surface area is 215 Å². The van der Waals surface area contributed by atoms with Gasteiger partial charge in [-0.3, -0.25) is 9.59 Å². The predicted octanol–water partition coefficient (Wildman–Crippen LogP) is 6.24. The number of hydrogen-bond donors (Lipinski definition) is 0. The lowest BCUT2D eigenvalue weighted by atomic mass is 10.0. The van der Waals surface area contributed by atoms with Crippen LogP contribution in [0.25, 0.3) is 0 Å². The van der Waals surface area contributed by atoms with Gasteiger partial charge in [-0.1, -0.05) is 49.7 Å². The number of hydrogen-bond acceptors (Lipinski definition) is 3. The van der Waals surface area contributed by atoms with Crippen molar-refractivity contribution in [2.45, 2.75) is 65.3 Å². The highest BCUT2D eigenvalue weighted by molar-refractivity contribution is 6.30. The third kappa shape index (κ3) is 7.99. The maximum Gasteiger partial charge on any atom is 0.257 e. The topological polar surface area (TPSA) is 49.9 Å². The zero-order valence-electron chi connectivity index (χ0n) is 21.3. The van der Waals surface area contributed by atoms with Gasteiger partial charge in [-0.2, -0.15) is 0 Å². The molecule has 1 aliphatic rings. The normalized spacial score (nSPS) is 17.7. The van der Waals surface area contributed by atoms with Crippen LogP contribution in [-0.4, -0.2) is 53.9 Å². The number of para-hydroxylation sites is 1. The summed E-state index contributed by atoms with van der Waals surface area (Å²) < 4.78 is 6.28. The number of amides is 2. The van der Waals surface area contributed by atoms with Crippen molar-refractivity contribution in [3.8, 4) is 5.75 Å². The fourth-order valence-corrected chi connectivity index (χ4v) is 4.80. The molecule has 2 aromatic carbocycles. The van der Waals surface area contributed by atoms with Gasteiger partial charge in [0, 0.05) is 31.1 Å². The van der Waals surface area contributed by atoms with Crippen LogP contribution in [0.1, 0.15) is 68.8 Å². The average Bonchev–Trinajstić information content (AvgIpc) is 2.86. The lowest BCUT2D eigenvalue weighted by Crippen LogP contribution is -2.45. The fourth-order valence-electron chi connectivity index (χ4n) is 4.68. The lowest BCUT2D eigenvalue weighted by Gasteiger charge is -2.33. The van der Waals surface area contributed by atoms with Gasteiger partial charge in [-0.15, -0.1) is 0 Å². The first-order valence-corrected chi connectivity index (χ1v) is 13.3. The van der Waals surface area contributed by atoms with Gasteiger partial charge in [-0.05, 0) is 74.8 Å². The van der Waals surface area contributed by atoms with Gasteiger partial charge in [0.25, 0.3) is 5.91 Å². The molecule has 0 radical (unpaired) electrons. The number of ether oxygens (including phenoxy) is 1. The van der Waals surface area contributed by atoms with E-state index in [1.165, 1.54) is 0 Å². The van der Waals surface area contributed by atoms with Crippen molar-refractivity contribution in [2.75, 3.05) is 26.2 Å². The first-order chi connectivity index (χ1) is 16.9. The molecule has 1 atom stereocenters. The minimum Gasteiger partial charge on any atom is -0.491 e. The molecule has 5 nitrogen and oxygen atoms in total. The van der Waals surface area contributed by atoms with Gasteiger partial charge in [0.1, 0.15) is 12.4 Å². The molecule has 35 heavy (non-hydrogen) atoms. The van der Waals surface area contributed by atoms with Crippen LogP contribution in [0.3, 0.4) is 0 Å². The Bertz CT molecular complexity index is 961. The van der Waals surface area contributed by atoms with Gasteiger partial charge in [-0.25, -0.2) is 0 Å². The van der Waals surface area contributed by atoms with E-state index in [-0.39, 0.29) is 17.9 Å². The molecule has 6 heteroatoms. The molecule has 1 heterocycles. The Hall–Kier alpha value is -2.53. The summed E-state index contributed by atoms with van der Waals surface area (Å²) in [4.78, 5) is 30.6. The Kier molecular flexibility index (Phi) is 10.5. The van der Waals surface area contributed by atoms with Crippen LogP contribution in [0, 0.1) is 5.92 Å². The van der Waals surface area contributed by atoms with Crippen LogP contribution < -0.4 is 4.74 Å². The zero-order valence-corrected chi connectivity index (χ0v) is 22.1. The zero-order chi connectivity index (χ0) is 25.2. The molecule has 0 saturated carbocycles. The smallest absolute Gasteiger partial charge is 0.257 e. The number of nitrogens with zero attached hydrogens (tertiary/aromatic N) is 2. The highest BCUT2D eigenvalue weighted by Crippen LogP contribution is 2.24. The van der Waals surface area contributed by atoms with E-state index >= 15 is 0 Å². The molecule has 0 spiro atoms. The molecular weight excluding hydrogens is 460 g/mol. The fraction of sp³-hybridized carbons (Fsp3) is 0.517. The molecule has 0 N–H and O–H groups in total. The summed E-state index contributed by atoms with van der Waals surface area (Å²) in [6.07, 6.45) is 4.80. The van der Waals surface area contributed by atoms with Crippen molar-refractivity contribution < 1.29 is 14.3 Å². The lowest BCUT2D eigenvalue weighted by molar-refractivity contribution is -0.134. The Morgan fingerprint density at radius 3 is 2.49 bits per heavy atom. The van der Waals surface area contributed by atoms with Crippen molar-refractivity contribution in [1.29, 1.82) is 0 Å². The summed E-state index contributed by atoms with van der Waals surface area (Å²) in [7, 11) is 0. The molecule has 1 aliphatic heterocycles. The van der Waals surface area contributed by atoms with Crippen molar-refractivity contribution in [2.24, 2.45) is 5.92 Å². The van der Waals surface area contributed by atoms with E-state index < -0.39 is 0 Å². The summed E-state index contributed by atoms with van der Waals surface area (Å²) in [6, 6.07) is 15.1. The summed E-state index contributed by atoms with van der Waals surface area (Å²) in [5.41, 5.74) is 1.70. The minimum absolute atomic E-state index is 0.0126. The second-order valence-corrected chi connectivity index (χ2v) is 10.2. The third-order valence-corrected chi connectivity index (χ3v) is 6.84. The number of fused-ring (bicyclic) bond motifs is 1. The maximum absolute atomic E-state index is 13.5. The Morgan fingerprint density at radius 2 is 1.77 bits per heavy atom. The molecule has 3 rings (SSSR count). The molecule has 2 aromatic rings. The molecule has 0 fully saturated rings. The first kappa shape index (κ1) is 27.1. The Balaban J connectivity index is 1.82. The second-order valence-electron chi connectivity index (χ2n) is 9.75. The quantitative estimate of drug-likeness (QED) is 0.473. The van der Waals surface area contributed by atoms with Gasteiger partial charge in [0.15, 0.2) is 0 Å². The highest BCUT2D eigenvalue weighted by atomic mass is 35.5. The van der Waals surface area contributed by atoms with Gasteiger partial charge < -0.3 is 14.5 Å². The summed E-state index contributed by atoms with van der Waals surface area (Å²) in [6.45, 7) is 8.83. The number of halogens is 1. The van der Waals surface area contributed by atoms with Crippen LogP contribution in [0.5, 0.6) is 5.75 Å². The maximum atomic E-state index is 13.5. The predicted molar refractivity (Wildman–Crippen MR) is 142 cm³/mol. The minimum atomic E-state index is -0.0427.